The maximum Gasteiger partial charge on any atom is 0.244 e. The lowest BCUT2D eigenvalue weighted by atomic mass is 9.96. The molecule has 0 aromatic heterocycles. The Kier molecular flexibility index (Phi) is 5.31. The number of hydrogen-bond donors (Lipinski definition) is 2. The molecule has 100 valence electrons. The van der Waals surface area contributed by atoms with E-state index in [0.717, 1.165) is 17.7 Å². The molecule has 3 N–H and O–H groups in total. The molecule has 1 rings (SSSR count). The molecule has 0 spiro atoms. The van der Waals surface area contributed by atoms with Gasteiger partial charge >= 0.3 is 0 Å². The molecule has 1 aromatic rings. The molecule has 4 heteroatoms. The summed E-state index contributed by atoms with van der Waals surface area (Å²) in [6.45, 7) is 4.29. The number of methoxy groups -OCH3 is 1. The Balaban J connectivity index is 2.72. The Morgan fingerprint density at radius 2 is 2.22 bits per heavy atom. The summed E-state index contributed by atoms with van der Waals surface area (Å²) in [5.41, 5.74) is 6.92. The van der Waals surface area contributed by atoms with E-state index in [1.54, 1.807) is 14.0 Å². The highest BCUT2D eigenvalue weighted by molar-refractivity contribution is 5.97. The van der Waals surface area contributed by atoms with E-state index in [1.165, 1.54) is 0 Å². The van der Waals surface area contributed by atoms with Crippen LogP contribution in [0.25, 0.3) is 0 Å². The zero-order valence-electron chi connectivity index (χ0n) is 11.3. The van der Waals surface area contributed by atoms with Crippen molar-refractivity contribution < 1.29 is 9.53 Å². The average molecular weight is 250 g/mol. The molecule has 0 radical (unpaired) electrons. The van der Waals surface area contributed by atoms with Crippen LogP contribution in [0, 0.1) is 0 Å². The fourth-order valence-electron chi connectivity index (χ4n) is 1.81. The molecule has 0 aliphatic rings. The van der Waals surface area contributed by atoms with Crippen molar-refractivity contribution >= 4 is 11.6 Å². The van der Waals surface area contributed by atoms with Gasteiger partial charge in [0.1, 0.15) is 0 Å². The zero-order valence-corrected chi connectivity index (χ0v) is 11.3. The van der Waals surface area contributed by atoms with Crippen LogP contribution in [0.3, 0.4) is 0 Å². The van der Waals surface area contributed by atoms with Crippen LogP contribution in [-0.2, 0) is 16.1 Å². The quantitative estimate of drug-likeness (QED) is 0.814. The molecule has 1 aromatic carbocycles. The fourth-order valence-corrected chi connectivity index (χ4v) is 1.81. The summed E-state index contributed by atoms with van der Waals surface area (Å²) in [7, 11) is 1.64. The number of rotatable bonds is 6. The van der Waals surface area contributed by atoms with Gasteiger partial charge in [0.05, 0.1) is 12.1 Å². The predicted molar refractivity (Wildman–Crippen MR) is 73.3 cm³/mol. The number of benzene rings is 1. The predicted octanol–water partition coefficient (Wildman–Crippen LogP) is 2.29. The van der Waals surface area contributed by atoms with Crippen molar-refractivity contribution in [1.82, 2.24) is 0 Å². The molecule has 1 amide bonds. The summed E-state index contributed by atoms with van der Waals surface area (Å²) in [5, 5.41) is 2.85. The number of carbonyl (C=O) groups is 1. The first kappa shape index (κ1) is 14.7. The highest BCUT2D eigenvalue weighted by Crippen LogP contribution is 2.15. The Hall–Kier alpha value is -1.39. The summed E-state index contributed by atoms with van der Waals surface area (Å²) in [4.78, 5) is 12.0. The molecular weight excluding hydrogens is 228 g/mol. The maximum atomic E-state index is 12.0. The second kappa shape index (κ2) is 6.52. The third-order valence-corrected chi connectivity index (χ3v) is 2.78. The smallest absolute Gasteiger partial charge is 0.244 e. The molecule has 1 unspecified atom stereocenters. The number of anilines is 1. The van der Waals surface area contributed by atoms with E-state index in [0.29, 0.717) is 13.0 Å². The number of nitrogens with one attached hydrogen (secondary N) is 1. The third-order valence-electron chi connectivity index (χ3n) is 2.78. The van der Waals surface area contributed by atoms with E-state index in [9.17, 15) is 4.79 Å². The van der Waals surface area contributed by atoms with Crippen LogP contribution >= 0.6 is 0 Å². The normalized spacial score (nSPS) is 14.0. The Labute approximate surface area is 109 Å². The van der Waals surface area contributed by atoms with Gasteiger partial charge in [0.25, 0.3) is 0 Å². The largest absolute Gasteiger partial charge is 0.380 e. The van der Waals surface area contributed by atoms with Crippen LogP contribution in [0.1, 0.15) is 32.3 Å². The zero-order chi connectivity index (χ0) is 13.6. The third kappa shape index (κ3) is 4.13. The van der Waals surface area contributed by atoms with Crippen LogP contribution in [0.4, 0.5) is 5.69 Å². The van der Waals surface area contributed by atoms with Crippen molar-refractivity contribution in [1.29, 1.82) is 0 Å². The average Bonchev–Trinajstić information content (AvgIpc) is 2.29. The number of hydrogen-bond acceptors (Lipinski definition) is 3. The molecule has 0 bridgehead atoms. The van der Waals surface area contributed by atoms with Gasteiger partial charge in [0.15, 0.2) is 0 Å². The molecule has 0 saturated carbocycles. The summed E-state index contributed by atoms with van der Waals surface area (Å²) in [6.07, 6.45) is 1.54. The molecule has 0 aliphatic carbocycles. The maximum absolute atomic E-state index is 12.0. The van der Waals surface area contributed by atoms with Gasteiger partial charge < -0.3 is 15.8 Å². The summed E-state index contributed by atoms with van der Waals surface area (Å²) in [6, 6.07) is 7.58. The van der Waals surface area contributed by atoms with Crippen LogP contribution in [-0.4, -0.2) is 18.6 Å². The van der Waals surface area contributed by atoms with Gasteiger partial charge in [-0.05, 0) is 31.0 Å². The first-order chi connectivity index (χ1) is 8.49. The minimum Gasteiger partial charge on any atom is -0.380 e. The molecule has 0 heterocycles. The topological polar surface area (TPSA) is 64.4 Å². The highest BCUT2D eigenvalue weighted by Gasteiger charge is 2.27. The SMILES string of the molecule is CCCC(C)(N)C(=O)Nc1cccc(COC)c1. The number of ether oxygens (including phenoxy) is 1. The first-order valence-corrected chi connectivity index (χ1v) is 6.18. The summed E-state index contributed by atoms with van der Waals surface area (Å²) in [5.74, 6) is -0.154. The summed E-state index contributed by atoms with van der Waals surface area (Å²) >= 11 is 0. The minimum atomic E-state index is -0.827. The lowest BCUT2D eigenvalue weighted by molar-refractivity contribution is -0.120. The molecule has 0 saturated heterocycles. The second-order valence-corrected chi connectivity index (χ2v) is 4.75. The van der Waals surface area contributed by atoms with Crippen molar-refractivity contribution in [2.75, 3.05) is 12.4 Å². The lowest BCUT2D eigenvalue weighted by Gasteiger charge is -2.23. The van der Waals surface area contributed by atoms with Crippen LogP contribution < -0.4 is 11.1 Å². The van der Waals surface area contributed by atoms with E-state index >= 15 is 0 Å². The van der Waals surface area contributed by atoms with Gasteiger partial charge in [-0.15, -0.1) is 0 Å². The van der Waals surface area contributed by atoms with Gasteiger partial charge in [-0.3, -0.25) is 4.79 Å². The number of nitrogens with two attached hydrogens (primary N) is 1. The van der Waals surface area contributed by atoms with Crippen molar-refractivity contribution in [3.8, 4) is 0 Å². The fraction of sp³-hybridized carbons (Fsp3) is 0.500. The molecule has 0 aliphatic heterocycles. The molecular formula is C14H22N2O2. The van der Waals surface area contributed by atoms with Gasteiger partial charge in [0.2, 0.25) is 5.91 Å². The Morgan fingerprint density at radius 1 is 1.50 bits per heavy atom. The van der Waals surface area contributed by atoms with Crippen molar-refractivity contribution in [3.63, 3.8) is 0 Å². The molecule has 18 heavy (non-hydrogen) atoms. The molecule has 4 nitrogen and oxygen atoms in total. The standard InChI is InChI=1S/C14H22N2O2/c1-4-8-14(2,15)13(17)16-12-7-5-6-11(9-12)10-18-3/h5-7,9H,4,8,10,15H2,1-3H3,(H,16,17). The highest BCUT2D eigenvalue weighted by atomic mass is 16.5. The Morgan fingerprint density at radius 3 is 2.83 bits per heavy atom. The summed E-state index contributed by atoms with van der Waals surface area (Å²) < 4.78 is 5.06. The van der Waals surface area contributed by atoms with Crippen molar-refractivity contribution in [2.24, 2.45) is 5.73 Å². The van der Waals surface area contributed by atoms with Gasteiger partial charge in [-0.1, -0.05) is 25.5 Å². The van der Waals surface area contributed by atoms with Gasteiger partial charge in [-0.25, -0.2) is 0 Å². The van der Waals surface area contributed by atoms with E-state index in [-0.39, 0.29) is 5.91 Å². The van der Waals surface area contributed by atoms with E-state index in [1.807, 2.05) is 31.2 Å². The van der Waals surface area contributed by atoms with E-state index in [4.69, 9.17) is 10.5 Å². The van der Waals surface area contributed by atoms with E-state index in [2.05, 4.69) is 5.32 Å². The monoisotopic (exact) mass is 250 g/mol. The van der Waals surface area contributed by atoms with Crippen molar-refractivity contribution in [3.05, 3.63) is 29.8 Å². The number of carbonyl (C=O) groups excluding carboxylic acids is 1. The molecule has 0 fully saturated rings. The Bertz CT molecular complexity index is 403. The molecule has 1 atom stereocenters. The van der Waals surface area contributed by atoms with Crippen LogP contribution in [0.2, 0.25) is 0 Å². The van der Waals surface area contributed by atoms with Crippen molar-refractivity contribution in [2.45, 2.75) is 38.8 Å². The minimum absolute atomic E-state index is 0.154. The van der Waals surface area contributed by atoms with Crippen LogP contribution in [0.15, 0.2) is 24.3 Å². The van der Waals surface area contributed by atoms with E-state index < -0.39 is 5.54 Å². The van der Waals surface area contributed by atoms with Gasteiger partial charge in [-0.2, -0.15) is 0 Å². The first-order valence-electron chi connectivity index (χ1n) is 6.18. The van der Waals surface area contributed by atoms with Gasteiger partial charge in [0, 0.05) is 12.8 Å². The van der Waals surface area contributed by atoms with Crippen LogP contribution in [0.5, 0.6) is 0 Å². The number of amides is 1. The lowest BCUT2D eigenvalue weighted by Crippen LogP contribution is -2.48. The second-order valence-electron chi connectivity index (χ2n) is 4.75.